The zero-order valence-electron chi connectivity index (χ0n) is 24.7. The molecule has 0 atom stereocenters. The van der Waals surface area contributed by atoms with Crippen LogP contribution in [0.2, 0.25) is 10.0 Å². The molecule has 4 aromatic rings. The number of carbonyl (C=O) groups excluding carboxylic acids is 1. The summed E-state index contributed by atoms with van der Waals surface area (Å²) in [5.41, 5.74) is 2.39. The van der Waals surface area contributed by atoms with E-state index in [-0.39, 0.29) is 38.9 Å². The standard InChI is InChI=1S/C32H33Cl2FN8O2/c1-41-15-17-43(18-16-41)28-10-5-21(19-27(28)35)38-32-37-20-24(30(44)39-29-25(33)3-2-4-26(29)34)31(40-32)45-23-8-6-22(7-9-23)42-13-11-36-12-14-42/h2-10,19-20,36H,11-18H2,1H3,(H,39,44)(H,37,38,40). The van der Waals surface area contributed by atoms with Gasteiger partial charge in [-0.2, -0.15) is 4.98 Å². The van der Waals surface area contributed by atoms with Crippen LogP contribution in [0.5, 0.6) is 11.6 Å². The second-order valence-electron chi connectivity index (χ2n) is 10.9. The minimum absolute atomic E-state index is 0.00220. The van der Waals surface area contributed by atoms with E-state index in [4.69, 9.17) is 27.9 Å². The van der Waals surface area contributed by atoms with Crippen molar-refractivity contribution in [1.82, 2.24) is 20.2 Å². The molecule has 10 nitrogen and oxygen atoms in total. The molecule has 6 rings (SSSR count). The van der Waals surface area contributed by atoms with Crippen LogP contribution in [0.4, 0.5) is 33.1 Å². The molecule has 3 aromatic carbocycles. The molecule has 2 saturated heterocycles. The molecule has 1 amide bonds. The number of nitrogens with one attached hydrogen (secondary N) is 3. The monoisotopic (exact) mass is 650 g/mol. The number of piperazine rings is 2. The predicted molar refractivity (Wildman–Crippen MR) is 177 cm³/mol. The minimum Gasteiger partial charge on any atom is -0.438 e. The fraction of sp³-hybridized carbons (Fsp3) is 0.281. The quantitative estimate of drug-likeness (QED) is 0.216. The number of halogens is 3. The molecule has 0 saturated carbocycles. The Kier molecular flexibility index (Phi) is 9.50. The first kappa shape index (κ1) is 30.8. The molecule has 45 heavy (non-hydrogen) atoms. The largest absolute Gasteiger partial charge is 0.438 e. The number of hydrogen-bond donors (Lipinski definition) is 3. The van der Waals surface area contributed by atoms with Gasteiger partial charge in [0.2, 0.25) is 11.8 Å². The van der Waals surface area contributed by atoms with Crippen LogP contribution in [0.15, 0.2) is 66.9 Å². The molecule has 13 heteroatoms. The Morgan fingerprint density at radius 3 is 2.33 bits per heavy atom. The number of aromatic nitrogens is 2. The van der Waals surface area contributed by atoms with Crippen molar-refractivity contribution in [2.45, 2.75) is 0 Å². The molecule has 2 aliphatic heterocycles. The Morgan fingerprint density at radius 1 is 0.933 bits per heavy atom. The highest BCUT2D eigenvalue weighted by atomic mass is 35.5. The van der Waals surface area contributed by atoms with E-state index >= 15 is 4.39 Å². The highest BCUT2D eigenvalue weighted by Gasteiger charge is 2.21. The summed E-state index contributed by atoms with van der Waals surface area (Å²) >= 11 is 12.6. The topological polar surface area (TPSA) is 97.9 Å². The lowest BCUT2D eigenvalue weighted by atomic mass is 10.2. The van der Waals surface area contributed by atoms with Gasteiger partial charge in [0.1, 0.15) is 17.1 Å². The lowest BCUT2D eigenvalue weighted by molar-refractivity contribution is 0.102. The van der Waals surface area contributed by atoms with Gasteiger partial charge in [-0.05, 0) is 61.6 Å². The van der Waals surface area contributed by atoms with Crippen molar-refractivity contribution in [1.29, 1.82) is 0 Å². The first-order chi connectivity index (χ1) is 21.8. The van der Waals surface area contributed by atoms with Crippen LogP contribution >= 0.6 is 23.2 Å². The van der Waals surface area contributed by atoms with Crippen LogP contribution in [0, 0.1) is 5.82 Å². The molecule has 0 unspecified atom stereocenters. The van der Waals surface area contributed by atoms with Gasteiger partial charge in [-0.25, -0.2) is 9.37 Å². The molecule has 0 radical (unpaired) electrons. The average Bonchev–Trinajstić information content (AvgIpc) is 3.04. The van der Waals surface area contributed by atoms with E-state index in [1.807, 2.05) is 29.2 Å². The molecule has 234 valence electrons. The van der Waals surface area contributed by atoms with Crippen molar-refractivity contribution in [2.75, 3.05) is 79.8 Å². The van der Waals surface area contributed by atoms with Crippen LogP contribution < -0.4 is 30.5 Å². The highest BCUT2D eigenvalue weighted by Crippen LogP contribution is 2.33. The van der Waals surface area contributed by atoms with Gasteiger partial charge in [0.15, 0.2) is 0 Å². The summed E-state index contributed by atoms with van der Waals surface area (Å²) in [4.78, 5) is 28.8. The molecule has 3 N–H and O–H groups in total. The lowest BCUT2D eigenvalue weighted by Crippen LogP contribution is -2.44. The van der Waals surface area contributed by atoms with E-state index in [1.54, 1.807) is 30.3 Å². The number of likely N-dealkylation sites (N-methyl/N-ethyl adjacent to an activating group) is 1. The Morgan fingerprint density at radius 2 is 1.64 bits per heavy atom. The molecule has 1 aromatic heterocycles. The molecule has 3 heterocycles. The summed E-state index contributed by atoms with van der Waals surface area (Å²) in [6.45, 7) is 6.91. The molecule has 2 aliphatic rings. The summed E-state index contributed by atoms with van der Waals surface area (Å²) in [6.07, 6.45) is 1.34. The zero-order valence-corrected chi connectivity index (χ0v) is 26.2. The number of nitrogens with zero attached hydrogens (tertiary/aromatic N) is 5. The van der Waals surface area contributed by atoms with Gasteiger partial charge in [0.25, 0.3) is 5.91 Å². The van der Waals surface area contributed by atoms with Crippen molar-refractivity contribution in [3.63, 3.8) is 0 Å². The summed E-state index contributed by atoms with van der Waals surface area (Å²) in [5.74, 6) is -0.310. The van der Waals surface area contributed by atoms with Crippen molar-refractivity contribution in [3.8, 4) is 11.6 Å². The van der Waals surface area contributed by atoms with Crippen LogP contribution in [0.3, 0.4) is 0 Å². The number of amides is 1. The number of carbonyl (C=O) groups is 1. The molecule has 2 fully saturated rings. The summed E-state index contributed by atoms with van der Waals surface area (Å²) in [6, 6.07) is 17.4. The fourth-order valence-electron chi connectivity index (χ4n) is 5.24. The van der Waals surface area contributed by atoms with Crippen molar-refractivity contribution >= 4 is 57.8 Å². The van der Waals surface area contributed by atoms with Crippen LogP contribution in [0.1, 0.15) is 10.4 Å². The van der Waals surface area contributed by atoms with Gasteiger partial charge in [-0.1, -0.05) is 29.3 Å². The maximum absolute atomic E-state index is 15.2. The van der Waals surface area contributed by atoms with Crippen molar-refractivity contribution in [3.05, 3.63) is 88.3 Å². The normalized spacial score (nSPS) is 15.6. The van der Waals surface area contributed by atoms with Gasteiger partial charge in [-0.15, -0.1) is 0 Å². The Balaban J connectivity index is 1.25. The average molecular weight is 652 g/mol. The fourth-order valence-corrected chi connectivity index (χ4v) is 5.73. The third-order valence-electron chi connectivity index (χ3n) is 7.78. The second-order valence-corrected chi connectivity index (χ2v) is 11.7. The van der Waals surface area contributed by atoms with Crippen molar-refractivity contribution < 1.29 is 13.9 Å². The second kappa shape index (κ2) is 13.9. The number of para-hydroxylation sites is 1. The van der Waals surface area contributed by atoms with Crippen LogP contribution in [-0.4, -0.2) is 80.2 Å². The number of anilines is 5. The van der Waals surface area contributed by atoms with E-state index in [0.29, 0.717) is 17.1 Å². The van der Waals surface area contributed by atoms with Crippen LogP contribution in [-0.2, 0) is 0 Å². The van der Waals surface area contributed by atoms with E-state index in [2.05, 4.69) is 42.8 Å². The van der Waals surface area contributed by atoms with Gasteiger partial charge in [-0.3, -0.25) is 4.79 Å². The number of benzene rings is 3. The van der Waals surface area contributed by atoms with Gasteiger partial charge < -0.3 is 35.4 Å². The summed E-state index contributed by atoms with van der Waals surface area (Å²) in [5, 5.41) is 9.69. The Hall–Kier alpha value is -4.16. The van der Waals surface area contributed by atoms with Crippen LogP contribution in [0.25, 0.3) is 0 Å². The lowest BCUT2D eigenvalue weighted by Gasteiger charge is -2.34. The third-order valence-corrected chi connectivity index (χ3v) is 8.41. The first-order valence-corrected chi connectivity index (χ1v) is 15.5. The maximum atomic E-state index is 15.2. The maximum Gasteiger partial charge on any atom is 0.262 e. The van der Waals surface area contributed by atoms with Gasteiger partial charge in [0, 0.05) is 69.9 Å². The molecule has 0 aliphatic carbocycles. The number of hydrogen-bond acceptors (Lipinski definition) is 9. The first-order valence-electron chi connectivity index (χ1n) is 14.7. The molecule has 0 bridgehead atoms. The van der Waals surface area contributed by atoms with Crippen molar-refractivity contribution in [2.24, 2.45) is 0 Å². The van der Waals surface area contributed by atoms with Gasteiger partial charge in [0.05, 0.1) is 21.4 Å². The molecule has 0 spiro atoms. The zero-order chi connectivity index (χ0) is 31.3. The van der Waals surface area contributed by atoms with E-state index in [9.17, 15) is 4.79 Å². The van der Waals surface area contributed by atoms with E-state index < -0.39 is 5.91 Å². The summed E-state index contributed by atoms with van der Waals surface area (Å²) < 4.78 is 21.3. The highest BCUT2D eigenvalue weighted by molar-refractivity contribution is 6.40. The number of rotatable bonds is 8. The SMILES string of the molecule is CN1CCN(c2ccc(Nc3ncc(C(=O)Nc4c(Cl)cccc4Cl)c(Oc4ccc(N5CCNCC5)cc4)n3)cc2F)CC1. The number of ether oxygens (including phenoxy) is 1. The third kappa shape index (κ3) is 7.39. The predicted octanol–water partition coefficient (Wildman–Crippen LogP) is 5.87. The Bertz CT molecular complexity index is 1640. The van der Waals surface area contributed by atoms with E-state index in [0.717, 1.165) is 58.0 Å². The Labute approximate surface area is 271 Å². The smallest absolute Gasteiger partial charge is 0.262 e. The van der Waals surface area contributed by atoms with E-state index in [1.165, 1.54) is 12.3 Å². The molecular weight excluding hydrogens is 618 g/mol. The van der Waals surface area contributed by atoms with Gasteiger partial charge >= 0.3 is 0 Å². The minimum atomic E-state index is -0.563. The summed E-state index contributed by atoms with van der Waals surface area (Å²) in [7, 11) is 2.06. The molecular formula is C32H33Cl2FN8O2.